The van der Waals surface area contributed by atoms with E-state index in [2.05, 4.69) is 5.32 Å². The Kier molecular flexibility index (Phi) is 3.61. The highest BCUT2D eigenvalue weighted by Crippen LogP contribution is 2.24. The first-order chi connectivity index (χ1) is 8.16. The molecule has 17 heavy (non-hydrogen) atoms. The molecule has 1 aromatic carbocycles. The lowest BCUT2D eigenvalue weighted by Gasteiger charge is -2.22. The monoisotopic (exact) mass is 237 g/mol. The van der Waals surface area contributed by atoms with Crippen molar-refractivity contribution >= 4 is 11.6 Å². The predicted octanol–water partition coefficient (Wildman–Crippen LogP) is 1.05. The molecule has 92 valence electrons. The summed E-state index contributed by atoms with van der Waals surface area (Å²) in [5.74, 6) is -0.258. The van der Waals surface area contributed by atoms with Crippen LogP contribution in [-0.4, -0.2) is 36.9 Å². The quantitative estimate of drug-likeness (QED) is 0.754. The van der Waals surface area contributed by atoms with Gasteiger partial charge in [-0.2, -0.15) is 0 Å². The molecule has 0 bridgehead atoms. The number of anilines is 1. The van der Waals surface area contributed by atoms with Gasteiger partial charge in [0.05, 0.1) is 25.5 Å². The van der Waals surface area contributed by atoms with E-state index in [0.29, 0.717) is 18.9 Å². The van der Waals surface area contributed by atoms with Gasteiger partial charge in [0.15, 0.2) is 6.10 Å². The van der Waals surface area contributed by atoms with E-state index in [1.54, 1.807) is 18.2 Å². The van der Waals surface area contributed by atoms with Crippen molar-refractivity contribution < 1.29 is 19.4 Å². The Morgan fingerprint density at radius 2 is 2.29 bits per heavy atom. The van der Waals surface area contributed by atoms with Crippen molar-refractivity contribution in [2.45, 2.75) is 13.0 Å². The SMILES string of the molecule is Cc1ccc(O)c(NC(=O)[C@@H]2COCCO2)c1. The van der Waals surface area contributed by atoms with Gasteiger partial charge in [-0.15, -0.1) is 0 Å². The lowest BCUT2D eigenvalue weighted by molar-refractivity contribution is -0.142. The minimum absolute atomic E-state index is 0.0423. The summed E-state index contributed by atoms with van der Waals surface area (Å²) in [7, 11) is 0. The molecule has 0 unspecified atom stereocenters. The van der Waals surface area contributed by atoms with Crippen LogP contribution in [-0.2, 0) is 14.3 Å². The van der Waals surface area contributed by atoms with Gasteiger partial charge in [0, 0.05) is 0 Å². The second-order valence-corrected chi connectivity index (χ2v) is 3.94. The van der Waals surface area contributed by atoms with Gasteiger partial charge in [0.25, 0.3) is 5.91 Å². The molecule has 1 heterocycles. The van der Waals surface area contributed by atoms with Crippen molar-refractivity contribution in [1.29, 1.82) is 0 Å². The highest BCUT2D eigenvalue weighted by Gasteiger charge is 2.23. The van der Waals surface area contributed by atoms with Crippen LogP contribution in [0.4, 0.5) is 5.69 Å². The highest BCUT2D eigenvalue weighted by molar-refractivity contribution is 5.95. The molecule has 1 amide bonds. The van der Waals surface area contributed by atoms with Crippen LogP contribution in [0, 0.1) is 6.92 Å². The zero-order valence-electron chi connectivity index (χ0n) is 9.60. The number of ether oxygens (including phenoxy) is 2. The van der Waals surface area contributed by atoms with E-state index in [1.807, 2.05) is 6.92 Å². The number of phenols is 1. The predicted molar refractivity (Wildman–Crippen MR) is 62.0 cm³/mol. The van der Waals surface area contributed by atoms with Gasteiger partial charge in [-0.25, -0.2) is 0 Å². The molecule has 0 spiro atoms. The minimum Gasteiger partial charge on any atom is -0.506 e. The third-order valence-electron chi connectivity index (χ3n) is 2.52. The van der Waals surface area contributed by atoms with Crippen LogP contribution in [0.1, 0.15) is 5.56 Å². The van der Waals surface area contributed by atoms with Crippen molar-refractivity contribution in [3.8, 4) is 5.75 Å². The number of benzene rings is 1. The Hall–Kier alpha value is -1.59. The van der Waals surface area contributed by atoms with Gasteiger partial charge in [-0.05, 0) is 24.6 Å². The fourth-order valence-corrected chi connectivity index (χ4v) is 1.60. The van der Waals surface area contributed by atoms with Crippen molar-refractivity contribution in [1.82, 2.24) is 0 Å². The summed E-state index contributed by atoms with van der Waals surface area (Å²) in [6, 6.07) is 5.02. The van der Waals surface area contributed by atoms with Crippen LogP contribution >= 0.6 is 0 Å². The number of hydrogen-bond donors (Lipinski definition) is 2. The molecule has 1 saturated heterocycles. The van der Waals surface area contributed by atoms with E-state index in [9.17, 15) is 9.90 Å². The van der Waals surface area contributed by atoms with Crippen molar-refractivity contribution in [3.05, 3.63) is 23.8 Å². The number of nitrogens with one attached hydrogen (secondary N) is 1. The molecule has 2 N–H and O–H groups in total. The molecule has 1 aliphatic rings. The average Bonchev–Trinajstić information content (AvgIpc) is 2.35. The Morgan fingerprint density at radius 1 is 1.47 bits per heavy atom. The maximum atomic E-state index is 11.8. The van der Waals surface area contributed by atoms with Crippen LogP contribution in [0.5, 0.6) is 5.75 Å². The maximum Gasteiger partial charge on any atom is 0.256 e. The number of carbonyl (C=O) groups is 1. The zero-order valence-corrected chi connectivity index (χ0v) is 9.60. The molecule has 0 radical (unpaired) electrons. The van der Waals surface area contributed by atoms with Crippen molar-refractivity contribution in [2.24, 2.45) is 0 Å². The van der Waals surface area contributed by atoms with E-state index in [4.69, 9.17) is 9.47 Å². The summed E-state index contributed by atoms with van der Waals surface area (Å²) >= 11 is 0. The molecule has 1 aliphatic heterocycles. The van der Waals surface area contributed by atoms with E-state index in [0.717, 1.165) is 5.56 Å². The summed E-state index contributed by atoms with van der Waals surface area (Å²) < 4.78 is 10.4. The number of phenolic OH excluding ortho intramolecular Hbond substituents is 1. The molecule has 2 rings (SSSR count). The third-order valence-corrected chi connectivity index (χ3v) is 2.52. The summed E-state index contributed by atoms with van der Waals surface area (Å²) in [6.07, 6.45) is -0.608. The van der Waals surface area contributed by atoms with E-state index < -0.39 is 6.10 Å². The molecular weight excluding hydrogens is 222 g/mol. The fraction of sp³-hybridized carbons (Fsp3) is 0.417. The second-order valence-electron chi connectivity index (χ2n) is 3.94. The molecular formula is C12H15NO4. The number of aromatic hydroxyl groups is 1. The molecule has 0 saturated carbocycles. The van der Waals surface area contributed by atoms with Gasteiger partial charge >= 0.3 is 0 Å². The van der Waals surface area contributed by atoms with Gasteiger partial charge in [-0.3, -0.25) is 4.79 Å². The van der Waals surface area contributed by atoms with Crippen molar-refractivity contribution in [3.63, 3.8) is 0 Å². The number of carbonyl (C=O) groups excluding carboxylic acids is 1. The largest absolute Gasteiger partial charge is 0.506 e. The summed E-state index contributed by atoms with van der Waals surface area (Å²) in [5, 5.41) is 12.2. The molecule has 0 aromatic heterocycles. The standard InChI is InChI=1S/C12H15NO4/c1-8-2-3-10(14)9(6-8)13-12(15)11-7-16-4-5-17-11/h2-3,6,11,14H,4-5,7H2,1H3,(H,13,15)/t11-/m0/s1. The summed E-state index contributed by atoms with van der Waals surface area (Å²) in [6.45, 7) is 3.06. The maximum absolute atomic E-state index is 11.8. The van der Waals surface area contributed by atoms with Crippen LogP contribution < -0.4 is 5.32 Å². The molecule has 5 heteroatoms. The third kappa shape index (κ3) is 2.95. The first-order valence-electron chi connectivity index (χ1n) is 5.46. The fourth-order valence-electron chi connectivity index (χ4n) is 1.60. The smallest absolute Gasteiger partial charge is 0.256 e. The van der Waals surface area contributed by atoms with Crippen LogP contribution in [0.25, 0.3) is 0 Å². The van der Waals surface area contributed by atoms with Gasteiger partial charge in [0.2, 0.25) is 0 Å². The summed E-state index contributed by atoms with van der Waals surface area (Å²) in [5.41, 5.74) is 1.35. The Morgan fingerprint density at radius 3 is 3.00 bits per heavy atom. The molecule has 1 fully saturated rings. The highest BCUT2D eigenvalue weighted by atomic mass is 16.6. The number of aryl methyl sites for hydroxylation is 1. The molecule has 1 atom stereocenters. The lowest BCUT2D eigenvalue weighted by atomic mass is 10.2. The average molecular weight is 237 g/mol. The van der Waals surface area contributed by atoms with Gasteiger partial charge in [0.1, 0.15) is 5.75 Å². The lowest BCUT2D eigenvalue weighted by Crippen LogP contribution is -2.39. The van der Waals surface area contributed by atoms with Crippen LogP contribution in [0.2, 0.25) is 0 Å². The molecule has 0 aliphatic carbocycles. The number of rotatable bonds is 2. The first kappa shape index (κ1) is 11.9. The number of hydrogen-bond acceptors (Lipinski definition) is 4. The van der Waals surface area contributed by atoms with E-state index in [-0.39, 0.29) is 18.3 Å². The minimum atomic E-state index is -0.608. The first-order valence-corrected chi connectivity index (χ1v) is 5.46. The Bertz CT molecular complexity index is 413. The van der Waals surface area contributed by atoms with Gasteiger partial charge in [-0.1, -0.05) is 6.07 Å². The molecule has 1 aromatic rings. The van der Waals surface area contributed by atoms with Crippen molar-refractivity contribution in [2.75, 3.05) is 25.1 Å². The van der Waals surface area contributed by atoms with Gasteiger partial charge < -0.3 is 19.9 Å². The second kappa shape index (κ2) is 5.16. The van der Waals surface area contributed by atoms with E-state index in [1.165, 1.54) is 0 Å². The van der Waals surface area contributed by atoms with Crippen LogP contribution in [0.15, 0.2) is 18.2 Å². The Balaban J connectivity index is 2.04. The normalized spacial score (nSPS) is 19.9. The van der Waals surface area contributed by atoms with E-state index >= 15 is 0 Å². The van der Waals surface area contributed by atoms with Crippen LogP contribution in [0.3, 0.4) is 0 Å². The Labute approximate surface area is 99.3 Å². The topological polar surface area (TPSA) is 67.8 Å². The number of amides is 1. The molecule has 5 nitrogen and oxygen atoms in total. The summed E-state index contributed by atoms with van der Waals surface area (Å²) in [4.78, 5) is 11.8. The zero-order chi connectivity index (χ0) is 12.3.